The van der Waals surface area contributed by atoms with Crippen LogP contribution in [0.3, 0.4) is 0 Å². The van der Waals surface area contributed by atoms with Gasteiger partial charge in [-0.25, -0.2) is 9.48 Å². The molecule has 1 aliphatic carbocycles. The summed E-state index contributed by atoms with van der Waals surface area (Å²) in [7, 11) is 0. The molecule has 2 aliphatic rings. The van der Waals surface area contributed by atoms with Crippen LogP contribution in [0.1, 0.15) is 48.0 Å². The van der Waals surface area contributed by atoms with Gasteiger partial charge in [-0.05, 0) is 61.9 Å². The SMILES string of the molecule is Cc1cnn(-c2ccc(C(=O)N3C(C(=O)O)CC4CCCCC43)cc2)c1. The van der Waals surface area contributed by atoms with E-state index in [1.54, 1.807) is 27.9 Å². The van der Waals surface area contributed by atoms with Crippen molar-refractivity contribution in [3.63, 3.8) is 0 Å². The molecule has 2 aromatic rings. The Kier molecular flexibility index (Phi) is 4.26. The third-order valence-electron chi connectivity index (χ3n) is 5.70. The van der Waals surface area contributed by atoms with Crippen LogP contribution in [0, 0.1) is 12.8 Å². The lowest BCUT2D eigenvalue weighted by Crippen LogP contribution is -2.46. The Hall–Kier alpha value is -2.63. The van der Waals surface area contributed by atoms with Gasteiger partial charge in [-0.2, -0.15) is 5.10 Å². The van der Waals surface area contributed by atoms with Crippen molar-refractivity contribution in [3.8, 4) is 5.69 Å². The molecule has 1 aromatic carbocycles. The first kappa shape index (κ1) is 16.8. The van der Waals surface area contributed by atoms with Gasteiger partial charge in [0, 0.05) is 17.8 Å². The maximum absolute atomic E-state index is 13.1. The molecule has 0 spiro atoms. The van der Waals surface area contributed by atoms with Crippen LogP contribution in [0.5, 0.6) is 0 Å². The number of amides is 1. The molecule has 0 radical (unpaired) electrons. The van der Waals surface area contributed by atoms with Crippen LogP contribution in [0.15, 0.2) is 36.7 Å². The summed E-state index contributed by atoms with van der Waals surface area (Å²) in [5.41, 5.74) is 2.48. The number of carboxylic acid groups (broad SMARTS) is 1. The summed E-state index contributed by atoms with van der Waals surface area (Å²) in [6.45, 7) is 1.97. The number of likely N-dealkylation sites (tertiary alicyclic amines) is 1. The molecule has 1 aromatic heterocycles. The van der Waals surface area contributed by atoms with Crippen LogP contribution in [-0.4, -0.2) is 43.7 Å². The van der Waals surface area contributed by atoms with E-state index in [9.17, 15) is 14.7 Å². The molecule has 136 valence electrons. The number of carbonyl (C=O) groups is 2. The molecular formula is C20H23N3O3. The Labute approximate surface area is 152 Å². The lowest BCUT2D eigenvalue weighted by atomic mass is 9.84. The summed E-state index contributed by atoms with van der Waals surface area (Å²) >= 11 is 0. The molecule has 2 fully saturated rings. The third kappa shape index (κ3) is 2.89. The number of benzene rings is 1. The van der Waals surface area contributed by atoms with Crippen LogP contribution in [0.4, 0.5) is 0 Å². The normalized spacial score (nSPS) is 25.1. The molecule has 2 heterocycles. The molecule has 1 aliphatic heterocycles. The van der Waals surface area contributed by atoms with Gasteiger partial charge >= 0.3 is 5.97 Å². The lowest BCUT2D eigenvalue weighted by Gasteiger charge is -2.33. The predicted molar refractivity (Wildman–Crippen MR) is 96.3 cm³/mol. The minimum Gasteiger partial charge on any atom is -0.480 e. The Bertz CT molecular complexity index is 827. The zero-order valence-corrected chi connectivity index (χ0v) is 14.8. The van der Waals surface area contributed by atoms with Gasteiger partial charge in [-0.15, -0.1) is 0 Å². The monoisotopic (exact) mass is 353 g/mol. The zero-order chi connectivity index (χ0) is 18.3. The van der Waals surface area contributed by atoms with Crippen molar-refractivity contribution in [1.29, 1.82) is 0 Å². The van der Waals surface area contributed by atoms with Crippen molar-refractivity contribution in [1.82, 2.24) is 14.7 Å². The number of aryl methyl sites for hydroxylation is 1. The van der Waals surface area contributed by atoms with E-state index >= 15 is 0 Å². The van der Waals surface area contributed by atoms with Gasteiger partial charge in [0.15, 0.2) is 0 Å². The number of rotatable bonds is 3. The van der Waals surface area contributed by atoms with E-state index in [1.165, 1.54) is 0 Å². The molecule has 3 unspecified atom stereocenters. The van der Waals surface area contributed by atoms with E-state index in [1.807, 2.05) is 25.3 Å². The summed E-state index contributed by atoms with van der Waals surface area (Å²) in [4.78, 5) is 26.5. The van der Waals surface area contributed by atoms with Crippen molar-refractivity contribution >= 4 is 11.9 Å². The first-order valence-corrected chi connectivity index (χ1v) is 9.22. The Balaban J connectivity index is 1.60. The number of nitrogens with zero attached hydrogens (tertiary/aromatic N) is 3. The van der Waals surface area contributed by atoms with Gasteiger partial charge in [-0.3, -0.25) is 4.79 Å². The first-order valence-electron chi connectivity index (χ1n) is 9.22. The number of hydrogen-bond acceptors (Lipinski definition) is 3. The number of carboxylic acids is 1. The van der Waals surface area contributed by atoms with Crippen LogP contribution < -0.4 is 0 Å². The second kappa shape index (κ2) is 6.59. The van der Waals surface area contributed by atoms with Gasteiger partial charge in [0.2, 0.25) is 0 Å². The average molecular weight is 353 g/mol. The highest BCUT2D eigenvalue weighted by Crippen LogP contribution is 2.40. The molecule has 1 amide bonds. The fraction of sp³-hybridized carbons (Fsp3) is 0.450. The highest BCUT2D eigenvalue weighted by molar-refractivity contribution is 5.97. The smallest absolute Gasteiger partial charge is 0.326 e. The topological polar surface area (TPSA) is 75.4 Å². The average Bonchev–Trinajstić information content (AvgIpc) is 3.25. The minimum atomic E-state index is -0.892. The number of aliphatic carboxylic acids is 1. The number of fused-ring (bicyclic) bond motifs is 1. The molecule has 3 atom stereocenters. The van der Waals surface area contributed by atoms with E-state index in [0.717, 1.165) is 36.9 Å². The fourth-order valence-corrected chi connectivity index (χ4v) is 4.43. The van der Waals surface area contributed by atoms with Crippen LogP contribution in [0.25, 0.3) is 5.69 Å². The fourth-order valence-electron chi connectivity index (χ4n) is 4.43. The van der Waals surface area contributed by atoms with E-state index in [2.05, 4.69) is 5.10 Å². The molecule has 6 nitrogen and oxygen atoms in total. The van der Waals surface area contributed by atoms with E-state index < -0.39 is 12.0 Å². The number of aromatic nitrogens is 2. The minimum absolute atomic E-state index is 0.0609. The maximum atomic E-state index is 13.1. The van der Waals surface area contributed by atoms with Crippen LogP contribution in [0.2, 0.25) is 0 Å². The highest BCUT2D eigenvalue weighted by Gasteiger charge is 2.47. The van der Waals surface area contributed by atoms with Gasteiger partial charge in [0.1, 0.15) is 6.04 Å². The Morgan fingerprint density at radius 3 is 2.54 bits per heavy atom. The highest BCUT2D eigenvalue weighted by atomic mass is 16.4. The van der Waals surface area contributed by atoms with Gasteiger partial charge < -0.3 is 10.0 Å². The van der Waals surface area contributed by atoms with E-state index in [4.69, 9.17) is 0 Å². The van der Waals surface area contributed by atoms with Crippen molar-refractivity contribution in [3.05, 3.63) is 47.8 Å². The number of hydrogen-bond donors (Lipinski definition) is 1. The molecule has 1 saturated heterocycles. The summed E-state index contributed by atoms with van der Waals surface area (Å²) in [6, 6.07) is 6.59. The largest absolute Gasteiger partial charge is 0.480 e. The second-order valence-electron chi connectivity index (χ2n) is 7.42. The molecule has 4 rings (SSSR count). The standard InChI is InChI=1S/C20H23N3O3/c1-13-11-21-22(12-13)16-8-6-14(7-9-16)19(24)23-17-5-3-2-4-15(17)10-18(23)20(25)26/h6-9,11-12,15,17-18H,2-5,10H2,1H3,(H,25,26). The molecule has 1 saturated carbocycles. The quantitative estimate of drug-likeness (QED) is 0.920. The summed E-state index contributed by atoms with van der Waals surface area (Å²) < 4.78 is 1.76. The summed E-state index contributed by atoms with van der Waals surface area (Å²) in [5, 5.41) is 13.9. The lowest BCUT2D eigenvalue weighted by molar-refractivity contribution is -0.141. The Morgan fingerprint density at radius 2 is 1.88 bits per heavy atom. The predicted octanol–water partition coefficient (Wildman–Crippen LogP) is 3.04. The van der Waals surface area contributed by atoms with Gasteiger partial charge in [-0.1, -0.05) is 12.8 Å². The first-order chi connectivity index (χ1) is 12.5. The number of carbonyl (C=O) groups excluding carboxylic acids is 1. The maximum Gasteiger partial charge on any atom is 0.326 e. The van der Waals surface area contributed by atoms with Gasteiger partial charge in [0.25, 0.3) is 5.91 Å². The zero-order valence-electron chi connectivity index (χ0n) is 14.8. The van der Waals surface area contributed by atoms with Crippen LogP contribution in [-0.2, 0) is 4.79 Å². The van der Waals surface area contributed by atoms with Crippen molar-refractivity contribution in [2.45, 2.75) is 51.1 Å². The Morgan fingerprint density at radius 1 is 1.15 bits per heavy atom. The second-order valence-corrected chi connectivity index (χ2v) is 7.42. The van der Waals surface area contributed by atoms with E-state index in [0.29, 0.717) is 17.9 Å². The summed E-state index contributed by atoms with van der Waals surface area (Å²) in [6.07, 6.45) is 8.41. The van der Waals surface area contributed by atoms with Crippen LogP contribution >= 0.6 is 0 Å². The molecule has 0 bridgehead atoms. The third-order valence-corrected chi connectivity index (χ3v) is 5.70. The summed E-state index contributed by atoms with van der Waals surface area (Å²) in [5.74, 6) is -0.744. The van der Waals surface area contributed by atoms with E-state index in [-0.39, 0.29) is 11.9 Å². The van der Waals surface area contributed by atoms with Crippen molar-refractivity contribution in [2.75, 3.05) is 0 Å². The molecule has 26 heavy (non-hydrogen) atoms. The van der Waals surface area contributed by atoms with Crippen molar-refractivity contribution in [2.24, 2.45) is 5.92 Å². The van der Waals surface area contributed by atoms with Crippen molar-refractivity contribution < 1.29 is 14.7 Å². The molecule has 1 N–H and O–H groups in total. The van der Waals surface area contributed by atoms with Gasteiger partial charge in [0.05, 0.1) is 11.9 Å². The molecule has 6 heteroatoms. The molecular weight excluding hydrogens is 330 g/mol.